The van der Waals surface area contributed by atoms with Crippen molar-refractivity contribution >= 4 is 5.70 Å². The Bertz CT molecular complexity index is 971. The number of fused-ring (bicyclic) bond motifs is 1. The second kappa shape index (κ2) is 7.86. The minimum absolute atomic E-state index is 0.0766. The average Bonchev–Trinajstić information content (AvgIpc) is 3.38. The highest BCUT2D eigenvalue weighted by Crippen LogP contribution is 2.44. The molecule has 0 bridgehead atoms. The van der Waals surface area contributed by atoms with Gasteiger partial charge < -0.3 is 16.2 Å². The lowest BCUT2D eigenvalue weighted by atomic mass is 9.91. The predicted octanol–water partition coefficient (Wildman–Crippen LogP) is 0.842. The van der Waals surface area contributed by atoms with E-state index in [-0.39, 0.29) is 28.9 Å². The van der Waals surface area contributed by atoms with Gasteiger partial charge in [0.1, 0.15) is 11.9 Å². The number of aromatic amines is 1. The lowest BCUT2D eigenvalue weighted by Gasteiger charge is -2.38. The second-order valence-electron chi connectivity index (χ2n) is 8.32. The molecule has 1 aromatic heterocycles. The van der Waals surface area contributed by atoms with Crippen molar-refractivity contribution in [2.75, 3.05) is 20.2 Å². The molecule has 0 amide bonds. The number of ether oxygens (including phenoxy) is 1. The van der Waals surface area contributed by atoms with Crippen molar-refractivity contribution in [3.63, 3.8) is 0 Å². The number of alkyl halides is 2. The summed E-state index contributed by atoms with van der Waals surface area (Å²) in [6.45, 7) is 0.713. The van der Waals surface area contributed by atoms with Crippen LogP contribution in [0.15, 0.2) is 15.4 Å². The summed E-state index contributed by atoms with van der Waals surface area (Å²) in [5.41, 5.74) is 10.5. The zero-order chi connectivity index (χ0) is 21.7. The fraction of sp³-hybridized carbons (Fsp3) is 0.684. The Kier molecular flexibility index (Phi) is 5.54. The van der Waals surface area contributed by atoms with Gasteiger partial charge >= 0.3 is 5.69 Å². The van der Waals surface area contributed by atoms with E-state index in [1.807, 2.05) is 0 Å². The van der Waals surface area contributed by atoms with Crippen LogP contribution in [0.5, 0.6) is 0 Å². The van der Waals surface area contributed by atoms with E-state index in [1.54, 1.807) is 4.90 Å². The SMILES string of the molecule is COC1c2c(c(=O)[nH]c(=O)n2C2CC2)C(N)=C(F)C1N1CCC(C(N)CC(F)F)C1. The van der Waals surface area contributed by atoms with Crippen molar-refractivity contribution in [1.29, 1.82) is 0 Å². The number of nitrogens with zero attached hydrogens (tertiary/aromatic N) is 2. The maximum atomic E-state index is 15.4. The molecule has 0 spiro atoms. The molecule has 2 fully saturated rings. The summed E-state index contributed by atoms with van der Waals surface area (Å²) >= 11 is 0. The number of rotatable bonds is 6. The van der Waals surface area contributed by atoms with Gasteiger partial charge in [0, 0.05) is 32.2 Å². The molecule has 0 radical (unpaired) electrons. The molecule has 0 aromatic carbocycles. The van der Waals surface area contributed by atoms with Crippen molar-refractivity contribution in [1.82, 2.24) is 14.5 Å². The highest BCUT2D eigenvalue weighted by atomic mass is 19.3. The van der Waals surface area contributed by atoms with E-state index in [2.05, 4.69) is 4.98 Å². The van der Waals surface area contributed by atoms with Crippen LogP contribution < -0.4 is 22.7 Å². The van der Waals surface area contributed by atoms with Crippen LogP contribution >= 0.6 is 0 Å². The first-order valence-corrected chi connectivity index (χ1v) is 10.1. The maximum Gasteiger partial charge on any atom is 0.328 e. The van der Waals surface area contributed by atoms with Crippen LogP contribution in [0.1, 0.15) is 49.1 Å². The van der Waals surface area contributed by atoms with Crippen LogP contribution in [-0.4, -0.2) is 53.2 Å². The molecule has 2 aliphatic carbocycles. The molecule has 1 saturated carbocycles. The first kappa shape index (κ1) is 21.1. The standard InChI is InChI=1S/C19H26F3N5O3/c1-30-17-15-12(18(28)25-19(29)27(15)9-2-3-9)14(24)13(22)16(17)26-5-4-8(7-26)10(23)6-11(20)21/h8-11,16-17H,2-7,23-24H2,1H3,(H,25,28,29). The normalized spacial score (nSPS) is 28.3. The molecule has 4 unspecified atom stereocenters. The summed E-state index contributed by atoms with van der Waals surface area (Å²) in [6.07, 6.45) is -1.80. The van der Waals surface area contributed by atoms with E-state index in [1.165, 1.54) is 11.7 Å². The highest BCUT2D eigenvalue weighted by Gasteiger charge is 2.46. The van der Waals surface area contributed by atoms with Gasteiger partial charge in [-0.1, -0.05) is 0 Å². The largest absolute Gasteiger partial charge is 0.396 e. The summed E-state index contributed by atoms with van der Waals surface area (Å²) in [7, 11) is 1.38. The lowest BCUT2D eigenvalue weighted by molar-refractivity contribution is 0.0174. The molecule has 1 saturated heterocycles. The number of halogens is 3. The molecule has 2 heterocycles. The quantitative estimate of drug-likeness (QED) is 0.617. The summed E-state index contributed by atoms with van der Waals surface area (Å²) in [5.74, 6) is -0.944. The number of nitrogens with two attached hydrogens (primary N) is 2. The van der Waals surface area contributed by atoms with Crippen LogP contribution in [0.2, 0.25) is 0 Å². The van der Waals surface area contributed by atoms with Gasteiger partial charge in [0.2, 0.25) is 6.43 Å². The van der Waals surface area contributed by atoms with Crippen LogP contribution in [0.4, 0.5) is 13.2 Å². The Balaban J connectivity index is 1.74. The summed E-state index contributed by atoms with van der Waals surface area (Å²) in [5, 5.41) is 0. The van der Waals surface area contributed by atoms with E-state index in [0.29, 0.717) is 19.5 Å². The molecule has 5 N–H and O–H groups in total. The van der Waals surface area contributed by atoms with Gasteiger partial charge in [-0.2, -0.15) is 0 Å². The van der Waals surface area contributed by atoms with Crippen molar-refractivity contribution < 1.29 is 17.9 Å². The van der Waals surface area contributed by atoms with Gasteiger partial charge in [-0.05, 0) is 31.7 Å². The van der Waals surface area contributed by atoms with Crippen LogP contribution in [0.25, 0.3) is 5.70 Å². The van der Waals surface area contributed by atoms with E-state index in [0.717, 1.165) is 12.8 Å². The van der Waals surface area contributed by atoms with Crippen LogP contribution in [0.3, 0.4) is 0 Å². The Morgan fingerprint density at radius 2 is 1.97 bits per heavy atom. The Morgan fingerprint density at radius 3 is 2.57 bits per heavy atom. The number of hydrogen-bond donors (Lipinski definition) is 3. The summed E-state index contributed by atoms with van der Waals surface area (Å²) in [4.78, 5) is 29.0. The van der Waals surface area contributed by atoms with Gasteiger partial charge in [0.05, 0.1) is 23.0 Å². The molecule has 4 atom stereocenters. The highest BCUT2D eigenvalue weighted by molar-refractivity contribution is 5.70. The molecule has 166 valence electrons. The van der Waals surface area contributed by atoms with E-state index >= 15 is 4.39 Å². The van der Waals surface area contributed by atoms with Gasteiger partial charge in [-0.15, -0.1) is 0 Å². The molecular weight excluding hydrogens is 403 g/mol. The average molecular weight is 429 g/mol. The Labute approximate surface area is 170 Å². The number of hydrogen-bond acceptors (Lipinski definition) is 6. The van der Waals surface area contributed by atoms with Gasteiger partial charge in [0.15, 0.2) is 0 Å². The summed E-state index contributed by atoms with van der Waals surface area (Å²) in [6, 6.07) is -1.76. The topological polar surface area (TPSA) is 119 Å². The fourth-order valence-corrected chi connectivity index (χ4v) is 4.77. The summed E-state index contributed by atoms with van der Waals surface area (Å²) < 4.78 is 47.9. The van der Waals surface area contributed by atoms with Gasteiger partial charge in [-0.3, -0.25) is 19.2 Å². The number of H-pyrrole nitrogens is 1. The molecule has 30 heavy (non-hydrogen) atoms. The molecule has 1 aromatic rings. The van der Waals surface area contributed by atoms with Crippen molar-refractivity contribution in [2.24, 2.45) is 17.4 Å². The molecule has 4 rings (SSSR count). The van der Waals surface area contributed by atoms with Crippen LogP contribution in [-0.2, 0) is 4.74 Å². The zero-order valence-corrected chi connectivity index (χ0v) is 16.6. The fourth-order valence-electron chi connectivity index (χ4n) is 4.77. The van der Waals surface area contributed by atoms with Crippen molar-refractivity contribution in [3.05, 3.63) is 37.9 Å². The first-order chi connectivity index (χ1) is 14.2. The van der Waals surface area contributed by atoms with E-state index in [4.69, 9.17) is 16.2 Å². The van der Waals surface area contributed by atoms with Gasteiger partial charge in [0.25, 0.3) is 5.56 Å². The molecular formula is C19H26F3N5O3. The maximum absolute atomic E-state index is 15.4. The van der Waals surface area contributed by atoms with E-state index in [9.17, 15) is 18.4 Å². The lowest BCUT2D eigenvalue weighted by Crippen LogP contribution is -2.48. The van der Waals surface area contributed by atoms with Crippen molar-refractivity contribution in [2.45, 2.75) is 56.3 Å². The van der Waals surface area contributed by atoms with Crippen LogP contribution in [0, 0.1) is 5.92 Å². The second-order valence-corrected chi connectivity index (χ2v) is 8.32. The van der Waals surface area contributed by atoms with Gasteiger partial charge in [-0.25, -0.2) is 18.0 Å². The molecule has 1 aliphatic heterocycles. The minimum atomic E-state index is -2.51. The monoisotopic (exact) mass is 429 g/mol. The first-order valence-electron chi connectivity index (χ1n) is 10.1. The third-order valence-corrected chi connectivity index (χ3v) is 6.40. The third-order valence-electron chi connectivity index (χ3n) is 6.40. The van der Waals surface area contributed by atoms with Crippen molar-refractivity contribution in [3.8, 4) is 0 Å². The predicted molar refractivity (Wildman–Crippen MR) is 104 cm³/mol. The zero-order valence-electron chi connectivity index (χ0n) is 16.6. The number of aromatic nitrogens is 2. The van der Waals surface area contributed by atoms with E-state index < -0.39 is 48.1 Å². The number of methoxy groups -OCH3 is 1. The molecule has 3 aliphatic rings. The Hall–Kier alpha value is -2.11. The number of nitrogens with one attached hydrogen (secondary N) is 1. The third kappa shape index (κ3) is 3.48. The minimum Gasteiger partial charge on any atom is -0.396 e. The molecule has 8 nitrogen and oxygen atoms in total. The Morgan fingerprint density at radius 1 is 1.27 bits per heavy atom. The molecule has 11 heteroatoms. The number of likely N-dealkylation sites (tertiary alicyclic amines) is 1. The smallest absolute Gasteiger partial charge is 0.328 e.